The van der Waals surface area contributed by atoms with E-state index in [1.165, 1.54) is 0 Å². The highest BCUT2D eigenvalue weighted by atomic mass is 32.2. The molecule has 0 bridgehead atoms. The third-order valence-corrected chi connectivity index (χ3v) is 3.62. The van der Waals surface area contributed by atoms with Crippen LogP contribution in [0.2, 0.25) is 0 Å². The van der Waals surface area contributed by atoms with Crippen molar-refractivity contribution >= 4 is 20.2 Å². The van der Waals surface area contributed by atoms with Crippen molar-refractivity contribution < 1.29 is 34.0 Å². The van der Waals surface area contributed by atoms with Gasteiger partial charge in [-0.3, -0.25) is 8.37 Å². The highest BCUT2D eigenvalue weighted by Crippen LogP contribution is 1.97. The largest absolute Gasteiger partial charge is 0.269 e. The Morgan fingerprint density at radius 2 is 1.06 bits per heavy atom. The van der Waals surface area contributed by atoms with Gasteiger partial charge in [0.25, 0.3) is 20.2 Å². The van der Waals surface area contributed by atoms with E-state index in [1.54, 1.807) is 0 Å². The van der Waals surface area contributed by atoms with Gasteiger partial charge >= 0.3 is 0 Å². The standard InChI is InChI=1S/C6H12F2O6S2/c7-1-5-15(9,10)13-3-4-14-16(11,12)6-2-8/h1-6H2. The Kier molecular flexibility index (Phi) is 6.95. The summed E-state index contributed by atoms with van der Waals surface area (Å²) in [6, 6.07) is 0. The highest BCUT2D eigenvalue weighted by Gasteiger charge is 2.13. The molecule has 0 aromatic heterocycles. The summed E-state index contributed by atoms with van der Waals surface area (Å²) in [7, 11) is -7.97. The van der Waals surface area contributed by atoms with Gasteiger partial charge in [-0.15, -0.1) is 0 Å². The molecule has 0 saturated heterocycles. The van der Waals surface area contributed by atoms with Crippen LogP contribution in [0, 0.1) is 0 Å². The van der Waals surface area contributed by atoms with Crippen molar-refractivity contribution in [2.45, 2.75) is 0 Å². The van der Waals surface area contributed by atoms with Gasteiger partial charge in [0.05, 0.1) is 13.2 Å². The molecule has 0 saturated carbocycles. The molecular formula is C6H12F2O6S2. The second-order valence-electron chi connectivity index (χ2n) is 2.55. The molecule has 0 N–H and O–H groups in total. The quantitative estimate of drug-likeness (QED) is 0.423. The van der Waals surface area contributed by atoms with E-state index in [4.69, 9.17) is 0 Å². The van der Waals surface area contributed by atoms with Gasteiger partial charge in [0.1, 0.15) is 24.9 Å². The van der Waals surface area contributed by atoms with E-state index >= 15 is 0 Å². The molecule has 0 heterocycles. The second-order valence-corrected chi connectivity index (χ2v) is 6.06. The minimum absolute atomic E-state index is 0.562. The predicted molar refractivity (Wildman–Crippen MR) is 51.4 cm³/mol. The van der Waals surface area contributed by atoms with Crippen LogP contribution >= 0.6 is 0 Å². The molecular weight excluding hydrogens is 270 g/mol. The zero-order valence-corrected chi connectivity index (χ0v) is 9.90. The zero-order chi connectivity index (χ0) is 12.7. The summed E-state index contributed by atoms with van der Waals surface area (Å²) < 4.78 is 74.7. The van der Waals surface area contributed by atoms with E-state index in [0.717, 1.165) is 0 Å². The third-order valence-electron chi connectivity index (χ3n) is 1.26. The monoisotopic (exact) mass is 282 g/mol. The van der Waals surface area contributed by atoms with Crippen molar-refractivity contribution in [3.05, 3.63) is 0 Å². The van der Waals surface area contributed by atoms with E-state index in [0.29, 0.717) is 0 Å². The molecule has 0 atom stereocenters. The Morgan fingerprint density at radius 1 is 0.750 bits per heavy atom. The van der Waals surface area contributed by atoms with Crippen LogP contribution in [0.5, 0.6) is 0 Å². The van der Waals surface area contributed by atoms with Crippen molar-refractivity contribution in [2.75, 3.05) is 38.1 Å². The lowest BCUT2D eigenvalue weighted by Gasteiger charge is -2.04. The van der Waals surface area contributed by atoms with E-state index in [1.807, 2.05) is 0 Å². The first-order chi connectivity index (χ1) is 7.33. The average molecular weight is 282 g/mol. The summed E-state index contributed by atoms with van der Waals surface area (Å²) >= 11 is 0. The van der Waals surface area contributed by atoms with Gasteiger partial charge in [0, 0.05) is 0 Å². The summed E-state index contributed by atoms with van der Waals surface area (Å²) in [4.78, 5) is 0. The molecule has 0 fully saturated rings. The van der Waals surface area contributed by atoms with Crippen LogP contribution in [0.3, 0.4) is 0 Å². The maximum atomic E-state index is 11.7. The van der Waals surface area contributed by atoms with Crippen molar-refractivity contribution in [2.24, 2.45) is 0 Å². The van der Waals surface area contributed by atoms with Crippen LogP contribution in [0.25, 0.3) is 0 Å². The van der Waals surface area contributed by atoms with Gasteiger partial charge in [-0.05, 0) is 0 Å². The van der Waals surface area contributed by atoms with E-state index in [-0.39, 0.29) is 0 Å². The normalized spacial score (nSPS) is 12.9. The Balaban J connectivity index is 3.85. The maximum Gasteiger partial charge on any atom is 0.269 e. The molecule has 0 amide bonds. The number of rotatable bonds is 9. The molecule has 16 heavy (non-hydrogen) atoms. The maximum absolute atomic E-state index is 11.7. The SMILES string of the molecule is O=S(=O)(CCF)OCCOS(=O)(=O)CCF. The van der Waals surface area contributed by atoms with Crippen LogP contribution in [-0.4, -0.2) is 54.9 Å². The fourth-order valence-corrected chi connectivity index (χ4v) is 1.89. The first-order valence-electron chi connectivity index (χ1n) is 4.19. The van der Waals surface area contributed by atoms with Crippen LogP contribution in [0.1, 0.15) is 0 Å². The Morgan fingerprint density at radius 3 is 1.31 bits per heavy atom. The molecule has 10 heteroatoms. The van der Waals surface area contributed by atoms with Crippen LogP contribution in [0.15, 0.2) is 0 Å². The molecule has 0 aliphatic rings. The Hall–Kier alpha value is -0.320. The third kappa shape index (κ3) is 7.91. The van der Waals surface area contributed by atoms with E-state index in [9.17, 15) is 25.6 Å². The zero-order valence-electron chi connectivity index (χ0n) is 8.26. The molecule has 0 aromatic carbocycles. The first-order valence-corrected chi connectivity index (χ1v) is 7.34. The fourth-order valence-electron chi connectivity index (χ4n) is 0.629. The van der Waals surface area contributed by atoms with Crippen molar-refractivity contribution in [3.8, 4) is 0 Å². The number of hydrogen-bond acceptors (Lipinski definition) is 6. The predicted octanol–water partition coefficient (Wildman–Crippen LogP) is -0.382. The number of alkyl halides is 2. The van der Waals surface area contributed by atoms with Gasteiger partial charge < -0.3 is 0 Å². The van der Waals surface area contributed by atoms with Gasteiger partial charge in [-0.2, -0.15) is 16.8 Å². The van der Waals surface area contributed by atoms with Crippen LogP contribution < -0.4 is 0 Å². The Labute approximate surface area is 92.8 Å². The summed E-state index contributed by atoms with van der Waals surface area (Å²) in [5.41, 5.74) is 0. The molecule has 0 spiro atoms. The van der Waals surface area contributed by atoms with Crippen molar-refractivity contribution in [3.63, 3.8) is 0 Å². The molecule has 0 aromatic rings. The lowest BCUT2D eigenvalue weighted by molar-refractivity contribution is 0.223. The smallest absolute Gasteiger partial charge is 0.268 e. The molecule has 0 unspecified atom stereocenters. The summed E-state index contributed by atoms with van der Waals surface area (Å²) in [6.45, 7) is -3.31. The molecule has 6 nitrogen and oxygen atoms in total. The summed E-state index contributed by atoms with van der Waals surface area (Å²) in [5.74, 6) is -1.60. The first kappa shape index (κ1) is 15.7. The molecule has 0 aliphatic heterocycles. The van der Waals surface area contributed by atoms with Crippen molar-refractivity contribution in [1.82, 2.24) is 0 Å². The lowest BCUT2D eigenvalue weighted by Crippen LogP contribution is -2.19. The Bertz CT molecular complexity index is 338. The van der Waals surface area contributed by atoms with E-state index < -0.39 is 58.3 Å². The van der Waals surface area contributed by atoms with Crippen LogP contribution in [0.4, 0.5) is 8.78 Å². The minimum Gasteiger partial charge on any atom is -0.268 e. The van der Waals surface area contributed by atoms with Crippen molar-refractivity contribution in [1.29, 1.82) is 0 Å². The summed E-state index contributed by atoms with van der Waals surface area (Å²) in [5, 5.41) is 0. The average Bonchev–Trinajstić information content (AvgIpc) is 2.12. The number of halogens is 2. The minimum atomic E-state index is -3.99. The molecule has 0 aliphatic carbocycles. The topological polar surface area (TPSA) is 86.7 Å². The van der Waals surface area contributed by atoms with Crippen LogP contribution in [-0.2, 0) is 28.6 Å². The second kappa shape index (κ2) is 7.09. The number of hydrogen-bond donors (Lipinski definition) is 0. The fraction of sp³-hybridized carbons (Fsp3) is 1.00. The molecule has 0 rings (SSSR count). The van der Waals surface area contributed by atoms with Gasteiger partial charge in [-0.25, -0.2) is 8.78 Å². The van der Waals surface area contributed by atoms with E-state index in [2.05, 4.69) is 8.37 Å². The van der Waals surface area contributed by atoms with Gasteiger partial charge in [-0.1, -0.05) is 0 Å². The lowest BCUT2D eigenvalue weighted by atomic mass is 10.8. The van der Waals surface area contributed by atoms with Gasteiger partial charge in [0.2, 0.25) is 0 Å². The summed E-state index contributed by atoms with van der Waals surface area (Å²) in [6.07, 6.45) is 0. The molecule has 98 valence electrons. The highest BCUT2D eigenvalue weighted by molar-refractivity contribution is 7.87. The molecule has 0 radical (unpaired) electrons. The van der Waals surface area contributed by atoms with Gasteiger partial charge in [0.15, 0.2) is 0 Å².